The van der Waals surface area contributed by atoms with Gasteiger partial charge in [0.05, 0.1) is 4.92 Å². The highest BCUT2D eigenvalue weighted by molar-refractivity contribution is 5.48. The third-order valence-electron chi connectivity index (χ3n) is 2.74. The number of rotatable bonds is 4. The van der Waals surface area contributed by atoms with Gasteiger partial charge in [0.15, 0.2) is 0 Å². The number of nitrogens with zero attached hydrogens (tertiary/aromatic N) is 2. The van der Waals surface area contributed by atoms with Crippen molar-refractivity contribution in [2.24, 2.45) is 0 Å². The summed E-state index contributed by atoms with van der Waals surface area (Å²) in [4.78, 5) is 14.0. The third-order valence-corrected chi connectivity index (χ3v) is 2.74. The highest BCUT2D eigenvalue weighted by Gasteiger charge is 2.10. The summed E-state index contributed by atoms with van der Waals surface area (Å²) in [5.74, 6) is -0.882. The van der Waals surface area contributed by atoms with Crippen molar-refractivity contribution in [1.82, 2.24) is 4.98 Å². The molecule has 0 saturated heterocycles. The predicted molar refractivity (Wildman–Crippen MR) is 69.3 cm³/mol. The van der Waals surface area contributed by atoms with Crippen molar-refractivity contribution in [2.75, 3.05) is 5.32 Å². The number of nitrogens with one attached hydrogen (secondary N) is 1. The second-order valence-corrected chi connectivity index (χ2v) is 4.21. The van der Waals surface area contributed by atoms with Gasteiger partial charge in [-0.05, 0) is 18.6 Å². The minimum Gasteiger partial charge on any atom is -0.366 e. The Balaban J connectivity index is 2.13. The smallest absolute Gasteiger partial charge is 0.287 e. The molecule has 1 aromatic heterocycles. The Morgan fingerprint density at radius 1 is 1.35 bits per heavy atom. The summed E-state index contributed by atoms with van der Waals surface area (Å²) >= 11 is 0. The van der Waals surface area contributed by atoms with Gasteiger partial charge in [0.25, 0.3) is 5.69 Å². The molecule has 0 radical (unpaired) electrons. The summed E-state index contributed by atoms with van der Waals surface area (Å²) in [6.07, 6.45) is 1.12. The normalized spacial score (nSPS) is 10.3. The Bertz CT molecular complexity index is 662. The van der Waals surface area contributed by atoms with Gasteiger partial charge in [-0.3, -0.25) is 10.1 Å². The molecule has 5 nitrogen and oxygen atoms in total. The number of benzene rings is 1. The Hall–Kier alpha value is -2.57. The number of hydrogen-bond acceptors (Lipinski definition) is 4. The van der Waals surface area contributed by atoms with E-state index in [1.807, 2.05) is 0 Å². The topological polar surface area (TPSA) is 68.1 Å². The summed E-state index contributed by atoms with van der Waals surface area (Å²) in [5, 5.41) is 13.4. The van der Waals surface area contributed by atoms with Crippen LogP contribution < -0.4 is 5.32 Å². The summed E-state index contributed by atoms with van der Waals surface area (Å²) in [6, 6.07) is 4.66. The Kier molecular flexibility index (Phi) is 3.88. The number of anilines is 1. The first-order chi connectivity index (χ1) is 9.47. The third kappa shape index (κ3) is 3.05. The monoisotopic (exact) mass is 279 g/mol. The van der Waals surface area contributed by atoms with Crippen LogP contribution in [0.1, 0.15) is 11.1 Å². The molecule has 0 unspecified atom stereocenters. The molecule has 1 heterocycles. The Labute approximate surface area is 113 Å². The van der Waals surface area contributed by atoms with Crippen molar-refractivity contribution in [1.29, 1.82) is 0 Å². The van der Waals surface area contributed by atoms with Crippen LogP contribution in [0, 0.1) is 28.7 Å². The van der Waals surface area contributed by atoms with Gasteiger partial charge in [0.2, 0.25) is 0 Å². The number of nitro groups is 1. The van der Waals surface area contributed by atoms with Crippen LogP contribution in [0.4, 0.5) is 20.3 Å². The Morgan fingerprint density at radius 3 is 2.70 bits per heavy atom. The lowest BCUT2D eigenvalue weighted by atomic mass is 10.2. The maximum Gasteiger partial charge on any atom is 0.287 e. The van der Waals surface area contributed by atoms with Crippen molar-refractivity contribution >= 4 is 11.5 Å². The van der Waals surface area contributed by atoms with Crippen LogP contribution in [0.5, 0.6) is 0 Å². The molecule has 7 heteroatoms. The van der Waals surface area contributed by atoms with Crippen LogP contribution >= 0.6 is 0 Å². The van der Waals surface area contributed by atoms with Gasteiger partial charge in [0, 0.05) is 24.2 Å². The first-order valence-corrected chi connectivity index (χ1v) is 5.76. The number of aryl methyl sites for hydroxylation is 1. The first-order valence-electron chi connectivity index (χ1n) is 5.76. The first kappa shape index (κ1) is 13.9. The SMILES string of the molecule is Cc1cc([N+](=O)[O-])cnc1NCc1ccc(F)cc1F. The molecular weight excluding hydrogens is 268 g/mol. The van der Waals surface area contributed by atoms with E-state index in [-0.39, 0.29) is 17.8 Å². The molecular formula is C13H11F2N3O2. The molecule has 0 spiro atoms. The number of hydrogen-bond donors (Lipinski definition) is 1. The van der Waals surface area contributed by atoms with Crippen LogP contribution in [0.2, 0.25) is 0 Å². The number of pyridine rings is 1. The van der Waals surface area contributed by atoms with E-state index in [0.717, 1.165) is 18.3 Å². The van der Waals surface area contributed by atoms with E-state index in [1.165, 1.54) is 12.1 Å². The van der Waals surface area contributed by atoms with Gasteiger partial charge in [-0.1, -0.05) is 6.07 Å². The van der Waals surface area contributed by atoms with E-state index in [1.54, 1.807) is 6.92 Å². The minimum absolute atomic E-state index is 0.109. The van der Waals surface area contributed by atoms with E-state index in [9.17, 15) is 18.9 Å². The molecule has 0 amide bonds. The van der Waals surface area contributed by atoms with Gasteiger partial charge in [-0.25, -0.2) is 13.8 Å². The van der Waals surface area contributed by atoms with Crippen LogP contribution in [0.25, 0.3) is 0 Å². The average molecular weight is 279 g/mol. The van der Waals surface area contributed by atoms with Crippen molar-refractivity contribution in [3.8, 4) is 0 Å². The predicted octanol–water partition coefficient (Wildman–Crippen LogP) is 3.19. The summed E-state index contributed by atoms with van der Waals surface area (Å²) < 4.78 is 26.2. The molecule has 0 bridgehead atoms. The zero-order chi connectivity index (χ0) is 14.7. The molecule has 1 N–H and O–H groups in total. The maximum atomic E-state index is 13.4. The van der Waals surface area contributed by atoms with Crippen LogP contribution in [-0.2, 0) is 6.54 Å². The summed E-state index contributed by atoms with van der Waals surface area (Å²) in [5.41, 5.74) is 0.744. The molecule has 1 aromatic carbocycles. The fourth-order valence-electron chi connectivity index (χ4n) is 1.69. The lowest BCUT2D eigenvalue weighted by Crippen LogP contribution is -2.05. The van der Waals surface area contributed by atoms with Crippen LogP contribution in [0.3, 0.4) is 0 Å². The second-order valence-electron chi connectivity index (χ2n) is 4.21. The van der Waals surface area contributed by atoms with Crippen molar-refractivity contribution in [3.63, 3.8) is 0 Å². The molecule has 20 heavy (non-hydrogen) atoms. The zero-order valence-corrected chi connectivity index (χ0v) is 10.6. The fraction of sp³-hybridized carbons (Fsp3) is 0.154. The second kappa shape index (κ2) is 5.60. The molecule has 0 aliphatic carbocycles. The van der Waals surface area contributed by atoms with E-state index in [2.05, 4.69) is 10.3 Å². The molecule has 0 aliphatic rings. The molecule has 0 aliphatic heterocycles. The van der Waals surface area contributed by atoms with Gasteiger partial charge in [0.1, 0.15) is 23.6 Å². The Morgan fingerprint density at radius 2 is 2.10 bits per heavy atom. The van der Waals surface area contributed by atoms with Gasteiger partial charge < -0.3 is 5.32 Å². The van der Waals surface area contributed by atoms with Crippen molar-refractivity contribution in [3.05, 3.63) is 63.3 Å². The molecule has 0 fully saturated rings. The van der Waals surface area contributed by atoms with Crippen LogP contribution in [0.15, 0.2) is 30.5 Å². The van der Waals surface area contributed by atoms with Crippen molar-refractivity contribution in [2.45, 2.75) is 13.5 Å². The summed E-state index contributed by atoms with van der Waals surface area (Å²) in [7, 11) is 0. The van der Waals surface area contributed by atoms with E-state index >= 15 is 0 Å². The fourth-order valence-corrected chi connectivity index (χ4v) is 1.69. The lowest BCUT2D eigenvalue weighted by Gasteiger charge is -2.09. The largest absolute Gasteiger partial charge is 0.366 e. The van der Waals surface area contributed by atoms with Gasteiger partial charge >= 0.3 is 0 Å². The standard InChI is InChI=1S/C13H11F2N3O2/c1-8-4-11(18(19)20)7-17-13(8)16-6-9-2-3-10(14)5-12(9)15/h2-5,7H,6H2,1H3,(H,16,17). The molecule has 0 atom stereocenters. The number of aromatic nitrogens is 1. The molecule has 0 saturated carbocycles. The van der Waals surface area contributed by atoms with E-state index < -0.39 is 16.6 Å². The number of halogens is 2. The maximum absolute atomic E-state index is 13.4. The average Bonchev–Trinajstić information content (AvgIpc) is 2.38. The van der Waals surface area contributed by atoms with E-state index in [0.29, 0.717) is 11.4 Å². The van der Waals surface area contributed by atoms with E-state index in [4.69, 9.17) is 0 Å². The highest BCUT2D eigenvalue weighted by atomic mass is 19.1. The highest BCUT2D eigenvalue weighted by Crippen LogP contribution is 2.19. The molecule has 2 aromatic rings. The molecule has 2 rings (SSSR count). The van der Waals surface area contributed by atoms with Gasteiger partial charge in [-0.2, -0.15) is 0 Å². The van der Waals surface area contributed by atoms with Crippen LogP contribution in [-0.4, -0.2) is 9.91 Å². The minimum atomic E-state index is -0.655. The summed E-state index contributed by atoms with van der Waals surface area (Å²) in [6.45, 7) is 1.76. The van der Waals surface area contributed by atoms with Crippen molar-refractivity contribution < 1.29 is 13.7 Å². The quantitative estimate of drug-likeness (QED) is 0.689. The van der Waals surface area contributed by atoms with Gasteiger partial charge in [-0.15, -0.1) is 0 Å². The lowest BCUT2D eigenvalue weighted by molar-refractivity contribution is -0.385. The molecule has 104 valence electrons. The zero-order valence-electron chi connectivity index (χ0n) is 10.6.